The number of pyridine rings is 1. The molecule has 3 rings (SSSR count). The molecule has 0 unspecified atom stereocenters. The van der Waals surface area contributed by atoms with Crippen molar-refractivity contribution in [3.8, 4) is 5.82 Å². The number of carbonyl (C=O) groups is 1. The van der Waals surface area contributed by atoms with E-state index in [9.17, 15) is 13.2 Å². The fourth-order valence-corrected chi connectivity index (χ4v) is 5.02. The molecule has 24 heavy (non-hydrogen) atoms. The van der Waals surface area contributed by atoms with Gasteiger partial charge in [0.1, 0.15) is 11.6 Å². The number of aromatic nitrogens is 3. The van der Waals surface area contributed by atoms with Crippen LogP contribution in [0.1, 0.15) is 36.5 Å². The van der Waals surface area contributed by atoms with Gasteiger partial charge in [-0.2, -0.15) is 0 Å². The molecule has 1 fully saturated rings. The molecule has 2 aromatic rings. The summed E-state index contributed by atoms with van der Waals surface area (Å²) < 4.78 is 25.1. The van der Waals surface area contributed by atoms with Gasteiger partial charge in [0.25, 0.3) is 5.91 Å². The highest BCUT2D eigenvalue weighted by molar-refractivity contribution is 7.91. The molecule has 128 valence electrons. The van der Waals surface area contributed by atoms with E-state index in [-0.39, 0.29) is 17.4 Å². The van der Waals surface area contributed by atoms with Crippen molar-refractivity contribution >= 4 is 15.7 Å². The van der Waals surface area contributed by atoms with E-state index in [4.69, 9.17) is 0 Å². The van der Waals surface area contributed by atoms with Crippen molar-refractivity contribution in [1.82, 2.24) is 19.9 Å². The van der Waals surface area contributed by atoms with Crippen molar-refractivity contribution in [2.24, 2.45) is 0 Å². The second-order valence-corrected chi connectivity index (χ2v) is 8.51. The van der Waals surface area contributed by atoms with Crippen LogP contribution in [-0.2, 0) is 16.3 Å². The zero-order valence-electron chi connectivity index (χ0n) is 13.7. The van der Waals surface area contributed by atoms with Gasteiger partial charge in [-0.15, -0.1) is 0 Å². The summed E-state index contributed by atoms with van der Waals surface area (Å²) in [7, 11) is -3.07. The van der Waals surface area contributed by atoms with Crippen LogP contribution in [0.3, 0.4) is 0 Å². The lowest BCUT2D eigenvalue weighted by atomic mass is 10.0. The molecule has 8 heteroatoms. The molecule has 1 aliphatic rings. The first-order valence-electron chi connectivity index (χ1n) is 7.83. The average molecular weight is 348 g/mol. The number of amides is 1. The highest BCUT2D eigenvalue weighted by Crippen LogP contribution is 2.23. The van der Waals surface area contributed by atoms with Crippen LogP contribution in [0.5, 0.6) is 0 Å². The monoisotopic (exact) mass is 348 g/mol. The second-order valence-electron chi connectivity index (χ2n) is 6.33. The molecule has 2 aromatic heterocycles. The smallest absolute Gasteiger partial charge is 0.253 e. The minimum atomic E-state index is -3.07. The van der Waals surface area contributed by atoms with Crippen molar-refractivity contribution < 1.29 is 13.2 Å². The Bertz CT molecular complexity index is 858. The van der Waals surface area contributed by atoms with E-state index in [1.54, 1.807) is 25.3 Å². The van der Waals surface area contributed by atoms with Gasteiger partial charge in [0, 0.05) is 25.0 Å². The lowest BCUT2D eigenvalue weighted by Crippen LogP contribution is -2.46. The topological polar surface area (TPSA) is 94.0 Å². The van der Waals surface area contributed by atoms with Crippen LogP contribution in [0.2, 0.25) is 0 Å². The third-order valence-electron chi connectivity index (χ3n) is 4.21. The SMILES string of the molecule is CCc1nccn1-c1ccc(C(=O)N[C@]2(C)CCS(=O)(=O)C2)cn1. The van der Waals surface area contributed by atoms with Crippen molar-refractivity contribution in [2.45, 2.75) is 32.2 Å². The van der Waals surface area contributed by atoms with Crippen molar-refractivity contribution in [3.63, 3.8) is 0 Å². The molecule has 1 saturated heterocycles. The first-order valence-corrected chi connectivity index (χ1v) is 9.66. The molecule has 0 aromatic carbocycles. The van der Waals surface area contributed by atoms with E-state index < -0.39 is 15.4 Å². The standard InChI is InChI=1S/C16H20N4O3S/c1-3-13-17-7-8-20(13)14-5-4-12(10-18-14)15(21)19-16(2)6-9-24(22,23)11-16/h4-5,7-8,10H,3,6,9,11H2,1-2H3,(H,19,21)/t16-/m1/s1. The number of carbonyl (C=O) groups excluding carboxylic acids is 1. The predicted molar refractivity (Wildman–Crippen MR) is 89.9 cm³/mol. The Morgan fingerprint density at radius 1 is 1.38 bits per heavy atom. The van der Waals surface area contributed by atoms with Crippen LogP contribution in [0.25, 0.3) is 5.82 Å². The number of aryl methyl sites for hydroxylation is 1. The maximum absolute atomic E-state index is 12.4. The fraction of sp³-hybridized carbons (Fsp3) is 0.438. The summed E-state index contributed by atoms with van der Waals surface area (Å²) in [5, 5.41) is 2.83. The Hall–Kier alpha value is -2.22. The summed E-state index contributed by atoms with van der Waals surface area (Å²) in [6.07, 6.45) is 6.25. The first kappa shape index (κ1) is 16.6. The molecule has 1 atom stereocenters. The highest BCUT2D eigenvalue weighted by Gasteiger charge is 2.39. The minimum Gasteiger partial charge on any atom is -0.346 e. The molecule has 0 aliphatic carbocycles. The lowest BCUT2D eigenvalue weighted by Gasteiger charge is -2.23. The number of sulfone groups is 1. The normalized spacial score (nSPS) is 22.4. The molecule has 0 saturated carbocycles. The van der Waals surface area contributed by atoms with Crippen LogP contribution < -0.4 is 5.32 Å². The fourth-order valence-electron chi connectivity index (χ4n) is 2.92. The Balaban J connectivity index is 1.75. The van der Waals surface area contributed by atoms with E-state index in [0.29, 0.717) is 17.8 Å². The number of imidazole rings is 1. The van der Waals surface area contributed by atoms with Gasteiger partial charge in [0.15, 0.2) is 9.84 Å². The zero-order chi connectivity index (χ0) is 17.4. The lowest BCUT2D eigenvalue weighted by molar-refractivity contribution is 0.0915. The number of rotatable bonds is 4. The van der Waals surface area contributed by atoms with Crippen LogP contribution in [0, 0.1) is 0 Å². The summed E-state index contributed by atoms with van der Waals surface area (Å²) in [5.41, 5.74) is -0.309. The molecule has 1 aliphatic heterocycles. The molecule has 0 radical (unpaired) electrons. The maximum atomic E-state index is 12.4. The Labute approximate surface area is 141 Å². The zero-order valence-corrected chi connectivity index (χ0v) is 14.5. The molecule has 0 bridgehead atoms. The quantitative estimate of drug-likeness (QED) is 0.894. The van der Waals surface area contributed by atoms with Gasteiger partial charge in [-0.05, 0) is 25.5 Å². The highest BCUT2D eigenvalue weighted by atomic mass is 32.2. The number of hydrogen-bond acceptors (Lipinski definition) is 5. The Morgan fingerprint density at radius 2 is 2.17 bits per heavy atom. The van der Waals surface area contributed by atoms with Crippen LogP contribution in [0.15, 0.2) is 30.7 Å². The molecule has 1 N–H and O–H groups in total. The van der Waals surface area contributed by atoms with Gasteiger partial charge in [-0.25, -0.2) is 18.4 Å². The van der Waals surface area contributed by atoms with Crippen LogP contribution >= 0.6 is 0 Å². The number of hydrogen-bond donors (Lipinski definition) is 1. The van der Waals surface area contributed by atoms with Crippen molar-refractivity contribution in [1.29, 1.82) is 0 Å². The molecule has 0 spiro atoms. The van der Waals surface area contributed by atoms with Gasteiger partial charge in [0.05, 0.1) is 22.6 Å². The summed E-state index contributed by atoms with van der Waals surface area (Å²) in [6.45, 7) is 3.77. The van der Waals surface area contributed by atoms with Crippen LogP contribution in [0.4, 0.5) is 0 Å². The van der Waals surface area contributed by atoms with E-state index in [1.807, 2.05) is 17.7 Å². The number of nitrogens with zero attached hydrogens (tertiary/aromatic N) is 3. The van der Waals surface area contributed by atoms with Gasteiger partial charge < -0.3 is 5.32 Å². The van der Waals surface area contributed by atoms with Crippen molar-refractivity contribution in [2.75, 3.05) is 11.5 Å². The third kappa shape index (κ3) is 3.33. The summed E-state index contributed by atoms with van der Waals surface area (Å²) in [6, 6.07) is 3.44. The average Bonchev–Trinajstić information content (AvgIpc) is 3.11. The van der Waals surface area contributed by atoms with E-state index in [2.05, 4.69) is 15.3 Å². The largest absolute Gasteiger partial charge is 0.346 e. The molecular formula is C16H20N4O3S. The van der Waals surface area contributed by atoms with E-state index in [1.165, 1.54) is 6.20 Å². The minimum absolute atomic E-state index is 0.0217. The van der Waals surface area contributed by atoms with Gasteiger partial charge in [-0.3, -0.25) is 9.36 Å². The Kier molecular flexibility index (Phi) is 4.16. The third-order valence-corrected chi connectivity index (χ3v) is 6.11. The second kappa shape index (κ2) is 6.01. The van der Waals surface area contributed by atoms with E-state index >= 15 is 0 Å². The molecule has 7 nitrogen and oxygen atoms in total. The van der Waals surface area contributed by atoms with E-state index in [0.717, 1.165) is 12.2 Å². The molecular weight excluding hydrogens is 328 g/mol. The Morgan fingerprint density at radius 3 is 2.75 bits per heavy atom. The van der Waals surface area contributed by atoms with Gasteiger partial charge >= 0.3 is 0 Å². The maximum Gasteiger partial charge on any atom is 0.253 e. The first-order chi connectivity index (χ1) is 11.3. The van der Waals surface area contributed by atoms with Crippen molar-refractivity contribution in [3.05, 3.63) is 42.1 Å². The molecule has 3 heterocycles. The predicted octanol–water partition coefficient (Wildman–Crippen LogP) is 1.14. The summed E-state index contributed by atoms with van der Waals surface area (Å²) in [5.74, 6) is 1.36. The molecule has 1 amide bonds. The summed E-state index contributed by atoms with van der Waals surface area (Å²) >= 11 is 0. The van der Waals surface area contributed by atoms with Gasteiger partial charge in [0.2, 0.25) is 0 Å². The van der Waals surface area contributed by atoms with Crippen LogP contribution in [-0.4, -0.2) is 45.9 Å². The van der Waals surface area contributed by atoms with Gasteiger partial charge in [-0.1, -0.05) is 6.92 Å². The number of nitrogens with one attached hydrogen (secondary N) is 1. The summed E-state index contributed by atoms with van der Waals surface area (Å²) in [4.78, 5) is 20.9.